The third-order valence-corrected chi connectivity index (χ3v) is 5.47. The summed E-state index contributed by atoms with van der Waals surface area (Å²) in [6.45, 7) is 2.02. The van der Waals surface area contributed by atoms with Crippen molar-refractivity contribution in [2.24, 2.45) is 0 Å². The lowest BCUT2D eigenvalue weighted by atomic mass is 9.97. The van der Waals surface area contributed by atoms with Crippen molar-refractivity contribution < 1.29 is 15.0 Å². The molecule has 0 saturated heterocycles. The molecule has 0 aliphatic carbocycles. The molecule has 0 aliphatic rings. The zero-order valence-electron chi connectivity index (χ0n) is 14.1. The average Bonchev–Trinajstić information content (AvgIpc) is 3.00. The quantitative estimate of drug-likeness (QED) is 0.473. The second-order valence-corrected chi connectivity index (χ2v) is 7.28. The van der Waals surface area contributed by atoms with E-state index >= 15 is 0 Å². The van der Waals surface area contributed by atoms with Crippen molar-refractivity contribution in [1.29, 1.82) is 0 Å². The summed E-state index contributed by atoms with van der Waals surface area (Å²) < 4.78 is 0.864. The second-order valence-electron chi connectivity index (χ2n) is 6.23. The average molecular weight is 360 g/mol. The van der Waals surface area contributed by atoms with Gasteiger partial charge in [-0.05, 0) is 55.0 Å². The van der Waals surface area contributed by atoms with Gasteiger partial charge < -0.3 is 10.2 Å². The van der Waals surface area contributed by atoms with Crippen LogP contribution in [0.3, 0.4) is 0 Å². The van der Waals surface area contributed by atoms with Crippen molar-refractivity contribution in [3.8, 4) is 22.6 Å². The lowest BCUT2D eigenvalue weighted by Crippen LogP contribution is -2.00. The highest BCUT2D eigenvalue weighted by Gasteiger charge is 2.21. The minimum Gasteiger partial charge on any atom is -0.508 e. The van der Waals surface area contributed by atoms with Crippen LogP contribution in [0.5, 0.6) is 11.5 Å². The van der Waals surface area contributed by atoms with Crippen LogP contribution < -0.4 is 0 Å². The molecule has 0 radical (unpaired) electrons. The zero-order chi connectivity index (χ0) is 18.3. The van der Waals surface area contributed by atoms with Crippen LogP contribution in [0.25, 0.3) is 21.2 Å². The van der Waals surface area contributed by atoms with Crippen LogP contribution in [0, 0.1) is 6.92 Å². The first-order chi connectivity index (χ1) is 12.5. The van der Waals surface area contributed by atoms with E-state index in [1.165, 1.54) is 23.5 Å². The number of phenols is 2. The Hall–Kier alpha value is -3.11. The molecule has 3 aromatic carbocycles. The molecule has 0 atom stereocenters. The number of carbonyl (C=O) groups excluding carboxylic acids is 1. The van der Waals surface area contributed by atoms with Gasteiger partial charge in [0.05, 0.1) is 4.88 Å². The Morgan fingerprint density at radius 1 is 0.885 bits per heavy atom. The normalized spacial score (nSPS) is 11.0. The molecule has 0 saturated carbocycles. The van der Waals surface area contributed by atoms with Crippen molar-refractivity contribution in [2.45, 2.75) is 6.92 Å². The number of fused-ring (bicyclic) bond motifs is 1. The fourth-order valence-corrected chi connectivity index (χ4v) is 4.30. The Balaban J connectivity index is 1.97. The van der Waals surface area contributed by atoms with E-state index in [9.17, 15) is 15.0 Å². The number of aryl methyl sites for hydroxylation is 1. The maximum atomic E-state index is 13.2. The first-order valence-corrected chi connectivity index (χ1v) is 9.01. The van der Waals surface area contributed by atoms with Crippen LogP contribution in [0.1, 0.15) is 20.8 Å². The number of hydrogen-bond donors (Lipinski definition) is 2. The SMILES string of the molecule is Cc1cccc(-c2c(C(=O)c3ccc(O)cc3)sc3cc(O)ccc23)c1. The fraction of sp³-hybridized carbons (Fsp3) is 0.0455. The van der Waals surface area contributed by atoms with Gasteiger partial charge in [0.1, 0.15) is 11.5 Å². The van der Waals surface area contributed by atoms with Gasteiger partial charge in [0.15, 0.2) is 0 Å². The van der Waals surface area contributed by atoms with Crippen molar-refractivity contribution in [2.75, 3.05) is 0 Å². The van der Waals surface area contributed by atoms with Gasteiger partial charge in [0.25, 0.3) is 0 Å². The molecule has 0 aliphatic heterocycles. The topological polar surface area (TPSA) is 57.5 Å². The standard InChI is InChI=1S/C22H16O3S/c1-13-3-2-4-15(11-13)20-18-10-9-17(24)12-19(18)26-22(20)21(25)14-5-7-16(23)8-6-14/h2-12,23-24H,1H3. The summed E-state index contributed by atoms with van der Waals surface area (Å²) in [5.41, 5.74) is 3.49. The first kappa shape index (κ1) is 16.4. The van der Waals surface area contributed by atoms with Gasteiger partial charge in [-0.1, -0.05) is 29.8 Å². The molecule has 3 nitrogen and oxygen atoms in total. The second kappa shape index (κ2) is 6.32. The Morgan fingerprint density at radius 2 is 1.62 bits per heavy atom. The molecule has 0 fully saturated rings. The Bertz CT molecular complexity index is 1120. The van der Waals surface area contributed by atoms with E-state index in [1.807, 2.05) is 31.2 Å². The van der Waals surface area contributed by atoms with E-state index in [0.29, 0.717) is 10.4 Å². The lowest BCUT2D eigenvalue weighted by Gasteiger charge is -2.06. The van der Waals surface area contributed by atoms with Crippen molar-refractivity contribution >= 4 is 27.2 Å². The molecule has 0 spiro atoms. The highest BCUT2D eigenvalue weighted by molar-refractivity contribution is 7.21. The maximum Gasteiger partial charge on any atom is 0.203 e. The minimum absolute atomic E-state index is 0.0952. The van der Waals surface area contributed by atoms with Gasteiger partial charge in [-0.15, -0.1) is 11.3 Å². The number of phenolic OH excluding ortho intramolecular Hbond substituents is 2. The predicted octanol–water partition coefficient (Wildman–Crippen LogP) is 5.52. The first-order valence-electron chi connectivity index (χ1n) is 8.19. The van der Waals surface area contributed by atoms with Gasteiger partial charge >= 0.3 is 0 Å². The number of hydrogen-bond acceptors (Lipinski definition) is 4. The summed E-state index contributed by atoms with van der Waals surface area (Å²) in [6.07, 6.45) is 0. The molecule has 2 N–H and O–H groups in total. The van der Waals surface area contributed by atoms with Gasteiger partial charge in [-0.25, -0.2) is 0 Å². The third-order valence-electron chi connectivity index (χ3n) is 4.32. The number of thiophene rings is 1. The Morgan fingerprint density at radius 3 is 2.35 bits per heavy atom. The molecule has 128 valence electrons. The van der Waals surface area contributed by atoms with Crippen LogP contribution >= 0.6 is 11.3 Å². The molecule has 0 bridgehead atoms. The molecular formula is C22H16O3S. The van der Waals surface area contributed by atoms with E-state index in [2.05, 4.69) is 6.07 Å². The minimum atomic E-state index is -0.0952. The molecule has 0 amide bonds. The third kappa shape index (κ3) is 2.85. The fourth-order valence-electron chi connectivity index (χ4n) is 3.08. The van der Waals surface area contributed by atoms with E-state index in [0.717, 1.165) is 26.8 Å². The van der Waals surface area contributed by atoms with Gasteiger partial charge in [0, 0.05) is 21.2 Å². The highest BCUT2D eigenvalue weighted by Crippen LogP contribution is 2.41. The summed E-state index contributed by atoms with van der Waals surface area (Å²) in [5.74, 6) is 0.210. The molecule has 4 rings (SSSR count). The Labute approximate surface area is 154 Å². The predicted molar refractivity (Wildman–Crippen MR) is 105 cm³/mol. The van der Waals surface area contributed by atoms with Crippen LogP contribution in [0.15, 0.2) is 66.7 Å². The van der Waals surface area contributed by atoms with Crippen LogP contribution in [0.4, 0.5) is 0 Å². The van der Waals surface area contributed by atoms with E-state index in [-0.39, 0.29) is 17.3 Å². The number of carbonyl (C=O) groups is 1. The van der Waals surface area contributed by atoms with E-state index < -0.39 is 0 Å². The highest BCUT2D eigenvalue weighted by atomic mass is 32.1. The molecule has 26 heavy (non-hydrogen) atoms. The molecule has 0 unspecified atom stereocenters. The lowest BCUT2D eigenvalue weighted by molar-refractivity contribution is 0.104. The van der Waals surface area contributed by atoms with Crippen molar-refractivity contribution in [1.82, 2.24) is 0 Å². The maximum absolute atomic E-state index is 13.2. The monoisotopic (exact) mass is 360 g/mol. The summed E-state index contributed by atoms with van der Waals surface area (Å²) in [6, 6.07) is 19.5. The summed E-state index contributed by atoms with van der Waals surface area (Å²) in [4.78, 5) is 13.8. The molecule has 1 aromatic heterocycles. The largest absolute Gasteiger partial charge is 0.508 e. The number of benzene rings is 3. The van der Waals surface area contributed by atoms with Gasteiger partial charge in [0.2, 0.25) is 5.78 Å². The van der Waals surface area contributed by atoms with Crippen LogP contribution in [-0.2, 0) is 0 Å². The van der Waals surface area contributed by atoms with E-state index in [4.69, 9.17) is 0 Å². The number of rotatable bonds is 3. The van der Waals surface area contributed by atoms with Crippen LogP contribution in [-0.4, -0.2) is 16.0 Å². The number of ketones is 1. The molecule has 1 heterocycles. The molecule has 4 heteroatoms. The molecular weight excluding hydrogens is 344 g/mol. The van der Waals surface area contributed by atoms with Crippen LogP contribution in [0.2, 0.25) is 0 Å². The van der Waals surface area contributed by atoms with E-state index in [1.54, 1.807) is 24.3 Å². The summed E-state index contributed by atoms with van der Waals surface area (Å²) in [7, 11) is 0. The van der Waals surface area contributed by atoms with Gasteiger partial charge in [-0.3, -0.25) is 4.79 Å². The smallest absolute Gasteiger partial charge is 0.203 e. The van der Waals surface area contributed by atoms with Crippen molar-refractivity contribution in [3.05, 3.63) is 82.7 Å². The Kier molecular flexibility index (Phi) is 3.98. The van der Waals surface area contributed by atoms with Crippen molar-refractivity contribution in [3.63, 3.8) is 0 Å². The van der Waals surface area contributed by atoms with Gasteiger partial charge in [-0.2, -0.15) is 0 Å². The number of aromatic hydroxyl groups is 2. The zero-order valence-corrected chi connectivity index (χ0v) is 14.9. The summed E-state index contributed by atoms with van der Waals surface area (Å²) in [5, 5.41) is 20.3. The summed E-state index contributed by atoms with van der Waals surface area (Å²) >= 11 is 1.37. The molecule has 4 aromatic rings.